The molecule has 5 heteroatoms. The predicted molar refractivity (Wildman–Crippen MR) is 121 cm³/mol. The van der Waals surface area contributed by atoms with Crippen LogP contribution < -0.4 is 10.1 Å². The van der Waals surface area contributed by atoms with E-state index in [4.69, 9.17) is 9.72 Å². The molecular weight excluding hydrogens is 372 g/mol. The van der Waals surface area contributed by atoms with Crippen molar-refractivity contribution in [3.63, 3.8) is 0 Å². The fourth-order valence-corrected chi connectivity index (χ4v) is 3.75. The maximum atomic E-state index is 5.29. The van der Waals surface area contributed by atoms with Gasteiger partial charge in [-0.25, -0.2) is 9.97 Å². The molecule has 0 aliphatic rings. The van der Waals surface area contributed by atoms with Gasteiger partial charge in [0.05, 0.1) is 23.7 Å². The lowest BCUT2D eigenvalue weighted by molar-refractivity contribution is 0.415. The number of pyridine rings is 1. The van der Waals surface area contributed by atoms with E-state index in [9.17, 15) is 0 Å². The predicted octanol–water partition coefficient (Wildman–Crippen LogP) is 4.97. The van der Waals surface area contributed by atoms with Crippen LogP contribution in [0.1, 0.15) is 5.56 Å². The smallest absolute Gasteiger partial charge is 0.139 e. The van der Waals surface area contributed by atoms with Crippen molar-refractivity contribution in [2.75, 3.05) is 14.2 Å². The van der Waals surface area contributed by atoms with E-state index in [1.54, 1.807) is 13.4 Å². The summed E-state index contributed by atoms with van der Waals surface area (Å²) in [5, 5.41) is 4.29. The number of rotatable bonds is 5. The third-order valence-electron chi connectivity index (χ3n) is 5.34. The Morgan fingerprint density at radius 2 is 1.70 bits per heavy atom. The molecule has 0 saturated heterocycles. The average molecular weight is 394 g/mol. The second-order valence-corrected chi connectivity index (χ2v) is 7.27. The van der Waals surface area contributed by atoms with Crippen molar-refractivity contribution in [3.05, 3.63) is 84.7 Å². The number of benzene rings is 3. The second-order valence-electron chi connectivity index (χ2n) is 7.27. The van der Waals surface area contributed by atoms with E-state index >= 15 is 0 Å². The molecule has 5 rings (SSSR count). The summed E-state index contributed by atoms with van der Waals surface area (Å²) in [5.74, 6) is 1.64. The zero-order valence-electron chi connectivity index (χ0n) is 17.0. The number of hydrogen-bond acceptors (Lipinski definition) is 4. The molecule has 0 bridgehead atoms. The van der Waals surface area contributed by atoms with E-state index in [-0.39, 0.29) is 0 Å². The molecule has 2 heterocycles. The highest BCUT2D eigenvalue weighted by Crippen LogP contribution is 2.26. The maximum Gasteiger partial charge on any atom is 0.139 e. The Morgan fingerprint density at radius 1 is 0.867 bits per heavy atom. The van der Waals surface area contributed by atoms with Gasteiger partial charge < -0.3 is 10.1 Å². The van der Waals surface area contributed by atoms with Crippen LogP contribution in [-0.2, 0) is 6.54 Å². The lowest BCUT2D eigenvalue weighted by Gasteiger charge is -2.08. The van der Waals surface area contributed by atoms with E-state index in [2.05, 4.69) is 58.8 Å². The van der Waals surface area contributed by atoms with Crippen LogP contribution in [0.5, 0.6) is 5.75 Å². The van der Waals surface area contributed by atoms with Crippen molar-refractivity contribution in [2.24, 2.45) is 0 Å². The topological polar surface area (TPSA) is 52.0 Å². The monoisotopic (exact) mass is 394 g/mol. The Balaban J connectivity index is 1.50. The molecule has 148 valence electrons. The summed E-state index contributed by atoms with van der Waals surface area (Å²) in [4.78, 5) is 9.36. The van der Waals surface area contributed by atoms with Crippen LogP contribution >= 0.6 is 0 Å². The molecule has 2 aromatic heterocycles. The molecule has 0 aliphatic heterocycles. The van der Waals surface area contributed by atoms with E-state index in [0.717, 1.165) is 40.0 Å². The molecule has 0 radical (unpaired) electrons. The fourth-order valence-electron chi connectivity index (χ4n) is 3.75. The van der Waals surface area contributed by atoms with E-state index < -0.39 is 0 Å². The highest BCUT2D eigenvalue weighted by atomic mass is 16.5. The maximum absolute atomic E-state index is 5.29. The molecular formula is C25H22N4O. The summed E-state index contributed by atoms with van der Waals surface area (Å²) in [6, 6.07) is 25.1. The molecule has 0 unspecified atom stereocenters. The van der Waals surface area contributed by atoms with Crippen LogP contribution in [0.15, 0.2) is 79.1 Å². The lowest BCUT2D eigenvalue weighted by atomic mass is 10.0. The molecule has 0 aliphatic carbocycles. The van der Waals surface area contributed by atoms with E-state index in [1.807, 2.05) is 35.9 Å². The minimum absolute atomic E-state index is 0.797. The normalized spacial score (nSPS) is 11.3. The largest absolute Gasteiger partial charge is 0.497 e. The van der Waals surface area contributed by atoms with Crippen LogP contribution in [0.3, 0.4) is 0 Å². The molecule has 0 spiro atoms. The first kappa shape index (κ1) is 18.3. The van der Waals surface area contributed by atoms with Crippen molar-refractivity contribution in [2.45, 2.75) is 6.54 Å². The summed E-state index contributed by atoms with van der Waals surface area (Å²) in [5.41, 5.74) is 6.51. The number of fused-ring (bicyclic) bond motifs is 2. The van der Waals surface area contributed by atoms with Gasteiger partial charge in [-0.15, -0.1) is 0 Å². The Hall–Kier alpha value is -3.70. The number of hydrogen-bond donors (Lipinski definition) is 1. The van der Waals surface area contributed by atoms with E-state index in [1.165, 1.54) is 16.7 Å². The van der Waals surface area contributed by atoms with Crippen LogP contribution in [0.4, 0.5) is 0 Å². The molecule has 5 nitrogen and oxygen atoms in total. The first-order chi connectivity index (χ1) is 14.7. The molecule has 5 aromatic rings. The Bertz CT molecular complexity index is 1340. The van der Waals surface area contributed by atoms with Crippen molar-refractivity contribution in [3.8, 4) is 22.7 Å². The van der Waals surface area contributed by atoms with Crippen LogP contribution in [0, 0.1) is 0 Å². The summed E-state index contributed by atoms with van der Waals surface area (Å²) in [7, 11) is 3.62. The van der Waals surface area contributed by atoms with Gasteiger partial charge in [-0.05, 0) is 60.1 Å². The number of imidazole rings is 1. The Kier molecular flexibility index (Phi) is 4.65. The van der Waals surface area contributed by atoms with Crippen LogP contribution in [0.2, 0.25) is 0 Å². The molecule has 0 saturated carbocycles. The van der Waals surface area contributed by atoms with Gasteiger partial charge in [0.25, 0.3) is 0 Å². The number of methoxy groups -OCH3 is 1. The molecule has 3 aromatic carbocycles. The highest BCUT2D eigenvalue weighted by molar-refractivity contribution is 5.86. The van der Waals surface area contributed by atoms with Crippen molar-refractivity contribution in [1.29, 1.82) is 0 Å². The highest BCUT2D eigenvalue weighted by Gasteiger charge is 2.08. The minimum Gasteiger partial charge on any atom is -0.497 e. The summed E-state index contributed by atoms with van der Waals surface area (Å²) < 4.78 is 7.30. The van der Waals surface area contributed by atoms with Gasteiger partial charge in [0.15, 0.2) is 0 Å². The summed E-state index contributed by atoms with van der Waals surface area (Å²) in [6.07, 6.45) is 1.80. The molecule has 30 heavy (non-hydrogen) atoms. The summed E-state index contributed by atoms with van der Waals surface area (Å²) >= 11 is 0. The standard InChI is InChI=1S/C25H22N4O/c1-26-15-17-3-5-18(6-4-17)19-7-10-22-20(13-19)8-12-25(28-22)29-16-27-23-14-21(30-2)9-11-24(23)29/h3-14,16,26H,15H2,1-2H3. The van der Waals surface area contributed by atoms with E-state index in [0.29, 0.717) is 0 Å². The quantitative estimate of drug-likeness (QED) is 0.457. The lowest BCUT2D eigenvalue weighted by Crippen LogP contribution is -2.04. The zero-order valence-corrected chi connectivity index (χ0v) is 17.0. The van der Waals surface area contributed by atoms with Crippen LogP contribution in [-0.4, -0.2) is 28.7 Å². The van der Waals surface area contributed by atoms with Gasteiger partial charge >= 0.3 is 0 Å². The Morgan fingerprint density at radius 3 is 2.50 bits per heavy atom. The minimum atomic E-state index is 0.797. The Labute approximate surface area is 175 Å². The molecule has 1 N–H and O–H groups in total. The van der Waals surface area contributed by atoms with Gasteiger partial charge in [-0.1, -0.05) is 30.3 Å². The van der Waals surface area contributed by atoms with Crippen LogP contribution in [0.25, 0.3) is 38.9 Å². The number of nitrogens with zero attached hydrogens (tertiary/aromatic N) is 3. The number of nitrogens with one attached hydrogen (secondary N) is 1. The van der Waals surface area contributed by atoms with Crippen molar-refractivity contribution < 1.29 is 4.74 Å². The summed E-state index contributed by atoms with van der Waals surface area (Å²) in [6.45, 7) is 0.875. The van der Waals surface area contributed by atoms with Crippen molar-refractivity contribution >= 4 is 21.9 Å². The third-order valence-corrected chi connectivity index (χ3v) is 5.34. The SMILES string of the molecule is CNCc1ccc(-c2ccc3nc(-n4cnc5cc(OC)ccc54)ccc3c2)cc1. The second kappa shape index (κ2) is 7.61. The number of ether oxygens (including phenoxy) is 1. The van der Waals surface area contributed by atoms with Gasteiger partial charge in [-0.3, -0.25) is 4.57 Å². The third kappa shape index (κ3) is 3.29. The van der Waals surface area contributed by atoms with Gasteiger partial charge in [0.2, 0.25) is 0 Å². The van der Waals surface area contributed by atoms with Gasteiger partial charge in [-0.2, -0.15) is 0 Å². The zero-order chi connectivity index (χ0) is 20.5. The first-order valence-corrected chi connectivity index (χ1v) is 9.91. The number of aromatic nitrogens is 3. The average Bonchev–Trinajstić information content (AvgIpc) is 3.22. The molecule has 0 fully saturated rings. The first-order valence-electron chi connectivity index (χ1n) is 9.91. The molecule has 0 atom stereocenters. The fraction of sp³-hybridized carbons (Fsp3) is 0.120. The molecule has 0 amide bonds. The van der Waals surface area contributed by atoms with Gasteiger partial charge in [0, 0.05) is 18.0 Å². The van der Waals surface area contributed by atoms with Crippen molar-refractivity contribution in [1.82, 2.24) is 19.9 Å². The van der Waals surface area contributed by atoms with Gasteiger partial charge in [0.1, 0.15) is 17.9 Å².